The van der Waals surface area contributed by atoms with Crippen molar-refractivity contribution in [1.82, 2.24) is 10.6 Å². The molecule has 3 nitrogen and oxygen atoms in total. The lowest BCUT2D eigenvalue weighted by Gasteiger charge is -2.09. The van der Waals surface area contributed by atoms with Crippen LogP contribution in [0.3, 0.4) is 0 Å². The highest BCUT2D eigenvalue weighted by Crippen LogP contribution is 2.23. The van der Waals surface area contributed by atoms with Crippen LogP contribution in [0.4, 0.5) is 0 Å². The standard InChI is InChI=1S/C13H16BrClN2O/c14-11-7-10(1-2-12(11)15)13(18)17-6-4-9-3-5-16-8-9/h1-2,7,9,16H,3-6,8H2,(H,17,18). The van der Waals surface area contributed by atoms with Crippen LogP contribution in [0, 0.1) is 5.92 Å². The van der Waals surface area contributed by atoms with E-state index in [1.54, 1.807) is 18.2 Å². The fourth-order valence-electron chi connectivity index (χ4n) is 2.09. The van der Waals surface area contributed by atoms with Crippen molar-refractivity contribution in [2.75, 3.05) is 19.6 Å². The first kappa shape index (κ1) is 13.8. The zero-order valence-electron chi connectivity index (χ0n) is 10.0. The van der Waals surface area contributed by atoms with Crippen molar-refractivity contribution in [3.8, 4) is 0 Å². The second-order valence-electron chi connectivity index (χ2n) is 4.53. The van der Waals surface area contributed by atoms with Gasteiger partial charge in [-0.15, -0.1) is 0 Å². The normalized spacial score (nSPS) is 18.9. The van der Waals surface area contributed by atoms with Gasteiger partial charge in [0.25, 0.3) is 5.91 Å². The fourth-order valence-corrected chi connectivity index (χ4v) is 2.59. The number of carbonyl (C=O) groups excluding carboxylic acids is 1. The van der Waals surface area contributed by atoms with E-state index in [-0.39, 0.29) is 5.91 Å². The molecular formula is C13H16BrClN2O. The molecule has 1 amide bonds. The van der Waals surface area contributed by atoms with Gasteiger partial charge in [0.05, 0.1) is 5.02 Å². The summed E-state index contributed by atoms with van der Waals surface area (Å²) in [7, 11) is 0. The van der Waals surface area contributed by atoms with Crippen molar-refractivity contribution >= 4 is 33.4 Å². The summed E-state index contributed by atoms with van der Waals surface area (Å²) in [6, 6.07) is 5.20. The Labute approximate surface area is 120 Å². The lowest BCUT2D eigenvalue weighted by atomic mass is 10.1. The first-order valence-corrected chi connectivity index (χ1v) is 7.28. The minimum atomic E-state index is -0.0432. The summed E-state index contributed by atoms with van der Waals surface area (Å²) in [4.78, 5) is 11.9. The maximum atomic E-state index is 11.9. The van der Waals surface area contributed by atoms with E-state index in [9.17, 15) is 4.79 Å². The smallest absolute Gasteiger partial charge is 0.251 e. The average molecular weight is 332 g/mol. The Kier molecular flexibility index (Phi) is 5.03. The highest BCUT2D eigenvalue weighted by molar-refractivity contribution is 9.10. The second-order valence-corrected chi connectivity index (χ2v) is 5.79. The van der Waals surface area contributed by atoms with E-state index < -0.39 is 0 Å². The van der Waals surface area contributed by atoms with E-state index in [1.165, 1.54) is 6.42 Å². The van der Waals surface area contributed by atoms with Gasteiger partial charge in [-0.1, -0.05) is 11.6 Å². The van der Waals surface area contributed by atoms with Gasteiger partial charge in [0, 0.05) is 16.6 Å². The minimum Gasteiger partial charge on any atom is -0.352 e. The second kappa shape index (κ2) is 6.55. The first-order chi connectivity index (χ1) is 8.66. The summed E-state index contributed by atoms with van der Waals surface area (Å²) in [5.41, 5.74) is 0.635. The zero-order valence-corrected chi connectivity index (χ0v) is 12.4. The number of rotatable bonds is 4. The molecule has 1 aliphatic rings. The molecule has 98 valence electrons. The SMILES string of the molecule is O=C(NCCC1CCNC1)c1ccc(Cl)c(Br)c1. The number of amides is 1. The number of hydrogen-bond acceptors (Lipinski definition) is 2. The predicted octanol–water partition coefficient (Wildman–Crippen LogP) is 2.83. The van der Waals surface area contributed by atoms with E-state index in [2.05, 4.69) is 26.6 Å². The molecular weight excluding hydrogens is 316 g/mol. The zero-order chi connectivity index (χ0) is 13.0. The van der Waals surface area contributed by atoms with Gasteiger partial charge in [-0.05, 0) is 66.0 Å². The molecule has 1 aromatic carbocycles. The Morgan fingerprint density at radius 1 is 1.56 bits per heavy atom. The number of benzene rings is 1. The van der Waals surface area contributed by atoms with Gasteiger partial charge in [-0.25, -0.2) is 0 Å². The summed E-state index contributed by atoms with van der Waals surface area (Å²) in [6.07, 6.45) is 2.25. The van der Waals surface area contributed by atoms with Gasteiger partial charge >= 0.3 is 0 Å². The van der Waals surface area contributed by atoms with Crippen LogP contribution in [0.5, 0.6) is 0 Å². The van der Waals surface area contributed by atoms with Crippen LogP contribution in [-0.2, 0) is 0 Å². The molecule has 1 unspecified atom stereocenters. The molecule has 0 spiro atoms. The molecule has 2 rings (SSSR count). The monoisotopic (exact) mass is 330 g/mol. The summed E-state index contributed by atoms with van der Waals surface area (Å²) in [5.74, 6) is 0.653. The maximum Gasteiger partial charge on any atom is 0.251 e. The molecule has 1 fully saturated rings. The van der Waals surface area contributed by atoms with Crippen molar-refractivity contribution in [1.29, 1.82) is 0 Å². The van der Waals surface area contributed by atoms with Gasteiger partial charge in [-0.3, -0.25) is 4.79 Å². The molecule has 0 saturated carbocycles. The van der Waals surface area contributed by atoms with Crippen LogP contribution in [0.15, 0.2) is 22.7 Å². The number of nitrogens with one attached hydrogen (secondary N) is 2. The maximum absolute atomic E-state index is 11.9. The summed E-state index contributed by atoms with van der Waals surface area (Å²) in [6.45, 7) is 2.90. The predicted molar refractivity (Wildman–Crippen MR) is 77.1 cm³/mol. The molecule has 0 aliphatic carbocycles. The minimum absolute atomic E-state index is 0.0432. The van der Waals surface area contributed by atoms with E-state index in [0.29, 0.717) is 16.5 Å². The lowest BCUT2D eigenvalue weighted by Crippen LogP contribution is -2.26. The summed E-state index contributed by atoms with van der Waals surface area (Å²) < 4.78 is 0.747. The van der Waals surface area contributed by atoms with E-state index >= 15 is 0 Å². The van der Waals surface area contributed by atoms with Crippen molar-refractivity contribution in [3.63, 3.8) is 0 Å². The van der Waals surface area contributed by atoms with Gasteiger partial charge < -0.3 is 10.6 Å². The van der Waals surface area contributed by atoms with Crippen molar-refractivity contribution in [3.05, 3.63) is 33.3 Å². The lowest BCUT2D eigenvalue weighted by molar-refractivity contribution is 0.0951. The van der Waals surface area contributed by atoms with Crippen LogP contribution in [0.2, 0.25) is 5.02 Å². The largest absolute Gasteiger partial charge is 0.352 e. The Balaban J connectivity index is 1.81. The molecule has 0 radical (unpaired) electrons. The summed E-state index contributed by atoms with van der Waals surface area (Å²) in [5, 5.41) is 6.88. The van der Waals surface area contributed by atoms with Crippen molar-refractivity contribution in [2.24, 2.45) is 5.92 Å². The van der Waals surface area contributed by atoms with Crippen LogP contribution in [-0.4, -0.2) is 25.5 Å². The molecule has 1 aliphatic heterocycles. The van der Waals surface area contributed by atoms with Crippen molar-refractivity contribution in [2.45, 2.75) is 12.8 Å². The molecule has 1 atom stereocenters. The Hall–Kier alpha value is -0.580. The quantitative estimate of drug-likeness (QED) is 0.891. The molecule has 0 aromatic heterocycles. The van der Waals surface area contributed by atoms with Crippen LogP contribution in [0.25, 0.3) is 0 Å². The molecule has 1 heterocycles. The van der Waals surface area contributed by atoms with Gasteiger partial charge in [0.2, 0.25) is 0 Å². The number of carbonyl (C=O) groups is 1. The molecule has 1 saturated heterocycles. The molecule has 5 heteroatoms. The van der Waals surface area contributed by atoms with E-state index in [1.807, 2.05) is 0 Å². The summed E-state index contributed by atoms with van der Waals surface area (Å²) >= 11 is 9.21. The molecule has 2 N–H and O–H groups in total. The molecule has 0 bridgehead atoms. The van der Waals surface area contributed by atoms with Crippen LogP contribution >= 0.6 is 27.5 Å². The fraction of sp³-hybridized carbons (Fsp3) is 0.462. The Bertz CT molecular complexity index is 433. The third-order valence-electron chi connectivity index (χ3n) is 3.18. The first-order valence-electron chi connectivity index (χ1n) is 6.11. The van der Waals surface area contributed by atoms with E-state index in [4.69, 9.17) is 11.6 Å². The average Bonchev–Trinajstić information content (AvgIpc) is 2.85. The third-order valence-corrected chi connectivity index (χ3v) is 4.40. The highest BCUT2D eigenvalue weighted by atomic mass is 79.9. The topological polar surface area (TPSA) is 41.1 Å². The number of hydrogen-bond donors (Lipinski definition) is 2. The molecule has 1 aromatic rings. The van der Waals surface area contributed by atoms with Gasteiger partial charge in [-0.2, -0.15) is 0 Å². The highest BCUT2D eigenvalue weighted by Gasteiger charge is 2.14. The van der Waals surface area contributed by atoms with Gasteiger partial charge in [0.1, 0.15) is 0 Å². The van der Waals surface area contributed by atoms with Crippen LogP contribution in [0.1, 0.15) is 23.2 Å². The van der Waals surface area contributed by atoms with E-state index in [0.717, 1.165) is 30.5 Å². The third kappa shape index (κ3) is 3.70. The van der Waals surface area contributed by atoms with Crippen LogP contribution < -0.4 is 10.6 Å². The molecule has 18 heavy (non-hydrogen) atoms. The van der Waals surface area contributed by atoms with Gasteiger partial charge in [0.15, 0.2) is 0 Å². The number of halogens is 2. The Morgan fingerprint density at radius 2 is 2.39 bits per heavy atom. The Morgan fingerprint density at radius 3 is 3.06 bits per heavy atom. The van der Waals surface area contributed by atoms with Crippen molar-refractivity contribution < 1.29 is 4.79 Å².